The number of rotatable bonds is 5. The van der Waals surface area contributed by atoms with Gasteiger partial charge in [-0.2, -0.15) is 0 Å². The Morgan fingerprint density at radius 2 is 2.12 bits per heavy atom. The zero-order chi connectivity index (χ0) is 12.8. The summed E-state index contributed by atoms with van der Waals surface area (Å²) in [6.07, 6.45) is 0. The molecule has 0 aliphatic carbocycles. The number of ether oxygens (including phenoxy) is 1. The minimum absolute atomic E-state index is 0.0639. The van der Waals surface area contributed by atoms with Crippen LogP contribution < -0.4 is 10.1 Å². The highest BCUT2D eigenvalue weighted by atomic mass is 79.9. The van der Waals surface area contributed by atoms with Gasteiger partial charge < -0.3 is 10.1 Å². The molecule has 0 saturated carbocycles. The van der Waals surface area contributed by atoms with Crippen LogP contribution in [0.25, 0.3) is 0 Å². The van der Waals surface area contributed by atoms with E-state index < -0.39 is 0 Å². The molecule has 0 spiro atoms. The van der Waals surface area contributed by atoms with Gasteiger partial charge in [0.25, 0.3) is 0 Å². The maximum Gasteiger partial charge on any atom is 0.237 e. The Morgan fingerprint density at radius 1 is 1.41 bits per heavy atom. The molecule has 94 valence electrons. The fourth-order valence-corrected chi connectivity index (χ4v) is 1.28. The van der Waals surface area contributed by atoms with E-state index in [1.165, 1.54) is 0 Å². The van der Waals surface area contributed by atoms with Crippen LogP contribution in [0.3, 0.4) is 0 Å². The first-order valence-electron chi connectivity index (χ1n) is 5.67. The SMILES string of the molecule is CC(C)COc1cccc(NC(=O)C(C)Br)c1. The summed E-state index contributed by atoms with van der Waals surface area (Å²) in [6, 6.07) is 7.42. The Labute approximate surface area is 111 Å². The zero-order valence-corrected chi connectivity index (χ0v) is 12.0. The van der Waals surface area contributed by atoms with Gasteiger partial charge in [-0.1, -0.05) is 35.8 Å². The number of carbonyl (C=O) groups is 1. The molecular formula is C13H18BrNO2. The molecule has 0 fully saturated rings. The highest BCUT2D eigenvalue weighted by Gasteiger charge is 2.08. The third kappa shape index (κ3) is 5.22. The maximum atomic E-state index is 11.5. The van der Waals surface area contributed by atoms with Crippen molar-refractivity contribution in [1.29, 1.82) is 0 Å². The van der Waals surface area contributed by atoms with Crippen molar-refractivity contribution in [2.24, 2.45) is 5.92 Å². The van der Waals surface area contributed by atoms with Crippen LogP contribution in [0.5, 0.6) is 5.75 Å². The molecule has 1 N–H and O–H groups in total. The summed E-state index contributed by atoms with van der Waals surface area (Å²) in [5.41, 5.74) is 0.752. The van der Waals surface area contributed by atoms with E-state index in [9.17, 15) is 4.79 Å². The Kier molecular flexibility index (Phi) is 5.48. The van der Waals surface area contributed by atoms with Crippen molar-refractivity contribution in [2.75, 3.05) is 11.9 Å². The van der Waals surface area contributed by atoms with Crippen LogP contribution in [0, 0.1) is 5.92 Å². The number of anilines is 1. The second-order valence-corrected chi connectivity index (χ2v) is 5.71. The first kappa shape index (κ1) is 14.0. The lowest BCUT2D eigenvalue weighted by Crippen LogP contribution is -2.19. The van der Waals surface area contributed by atoms with Crippen LogP contribution in [0.4, 0.5) is 5.69 Å². The Balaban J connectivity index is 2.62. The number of nitrogens with one attached hydrogen (secondary N) is 1. The number of alkyl halides is 1. The van der Waals surface area contributed by atoms with Crippen molar-refractivity contribution >= 4 is 27.5 Å². The first-order valence-corrected chi connectivity index (χ1v) is 6.58. The molecule has 0 aliphatic rings. The minimum atomic E-state index is -0.206. The lowest BCUT2D eigenvalue weighted by Gasteiger charge is -2.11. The maximum absolute atomic E-state index is 11.5. The molecule has 1 aromatic rings. The van der Waals surface area contributed by atoms with Crippen LogP contribution in [0.15, 0.2) is 24.3 Å². The highest BCUT2D eigenvalue weighted by molar-refractivity contribution is 9.10. The summed E-state index contributed by atoms with van der Waals surface area (Å²) >= 11 is 3.22. The Bertz CT molecular complexity index is 377. The predicted molar refractivity (Wildman–Crippen MR) is 73.8 cm³/mol. The van der Waals surface area contributed by atoms with E-state index in [4.69, 9.17) is 4.74 Å². The molecule has 1 rings (SSSR count). The molecule has 0 aromatic heterocycles. The number of hydrogen-bond acceptors (Lipinski definition) is 2. The van der Waals surface area contributed by atoms with E-state index in [1.54, 1.807) is 6.92 Å². The van der Waals surface area contributed by atoms with Gasteiger partial charge in [-0.25, -0.2) is 0 Å². The van der Waals surface area contributed by atoms with Gasteiger partial charge in [0.15, 0.2) is 0 Å². The van der Waals surface area contributed by atoms with E-state index in [2.05, 4.69) is 35.1 Å². The zero-order valence-electron chi connectivity index (χ0n) is 10.4. The Morgan fingerprint density at radius 3 is 2.71 bits per heavy atom. The van der Waals surface area contributed by atoms with E-state index in [0.29, 0.717) is 12.5 Å². The minimum Gasteiger partial charge on any atom is -0.493 e. The standard InChI is InChI=1S/C13H18BrNO2/c1-9(2)8-17-12-6-4-5-11(7-12)15-13(16)10(3)14/h4-7,9-10H,8H2,1-3H3,(H,15,16). The summed E-state index contributed by atoms with van der Waals surface area (Å²) in [5.74, 6) is 1.19. The molecule has 0 saturated heterocycles. The van der Waals surface area contributed by atoms with Crippen LogP contribution in [-0.4, -0.2) is 17.3 Å². The second kappa shape index (κ2) is 6.64. The predicted octanol–water partition coefficient (Wildman–Crippen LogP) is 3.44. The molecular weight excluding hydrogens is 282 g/mol. The molecule has 1 unspecified atom stereocenters. The third-order valence-corrected chi connectivity index (χ3v) is 2.46. The van der Waals surface area contributed by atoms with E-state index >= 15 is 0 Å². The second-order valence-electron chi connectivity index (χ2n) is 4.34. The van der Waals surface area contributed by atoms with Crippen LogP contribution in [0.1, 0.15) is 20.8 Å². The summed E-state index contributed by atoms with van der Waals surface area (Å²) in [4.78, 5) is 11.3. The van der Waals surface area contributed by atoms with Gasteiger partial charge in [-0.15, -0.1) is 0 Å². The number of amides is 1. The molecule has 0 radical (unpaired) electrons. The lowest BCUT2D eigenvalue weighted by atomic mass is 10.2. The number of carbonyl (C=O) groups excluding carboxylic acids is 1. The van der Waals surface area contributed by atoms with E-state index in [-0.39, 0.29) is 10.7 Å². The van der Waals surface area contributed by atoms with Gasteiger partial charge >= 0.3 is 0 Å². The van der Waals surface area contributed by atoms with Crippen LogP contribution >= 0.6 is 15.9 Å². The lowest BCUT2D eigenvalue weighted by molar-refractivity contribution is -0.115. The number of benzene rings is 1. The molecule has 3 nitrogen and oxygen atoms in total. The van der Waals surface area contributed by atoms with Gasteiger partial charge in [0.2, 0.25) is 5.91 Å². The number of hydrogen-bond donors (Lipinski definition) is 1. The molecule has 1 atom stereocenters. The monoisotopic (exact) mass is 299 g/mol. The van der Waals surface area contributed by atoms with Crippen molar-refractivity contribution in [2.45, 2.75) is 25.6 Å². The van der Waals surface area contributed by atoms with Crippen molar-refractivity contribution in [3.05, 3.63) is 24.3 Å². The fraction of sp³-hybridized carbons (Fsp3) is 0.462. The van der Waals surface area contributed by atoms with E-state index in [0.717, 1.165) is 11.4 Å². The molecule has 1 amide bonds. The van der Waals surface area contributed by atoms with Gasteiger partial charge in [0.1, 0.15) is 5.75 Å². The van der Waals surface area contributed by atoms with Gasteiger partial charge in [-0.05, 0) is 25.0 Å². The van der Waals surface area contributed by atoms with Crippen molar-refractivity contribution in [1.82, 2.24) is 0 Å². The van der Waals surface area contributed by atoms with E-state index in [1.807, 2.05) is 24.3 Å². The van der Waals surface area contributed by atoms with Crippen LogP contribution in [0.2, 0.25) is 0 Å². The normalized spacial score (nSPS) is 12.3. The molecule has 0 heterocycles. The quantitative estimate of drug-likeness (QED) is 0.846. The fourth-order valence-electron chi connectivity index (χ4n) is 1.17. The summed E-state index contributed by atoms with van der Waals surface area (Å²) in [7, 11) is 0. The van der Waals surface area contributed by atoms with Crippen molar-refractivity contribution in [3.63, 3.8) is 0 Å². The average Bonchev–Trinajstić information content (AvgIpc) is 2.26. The third-order valence-electron chi connectivity index (χ3n) is 2.05. The molecule has 0 aliphatic heterocycles. The topological polar surface area (TPSA) is 38.3 Å². The summed E-state index contributed by atoms with van der Waals surface area (Å²) in [5, 5.41) is 2.80. The van der Waals surface area contributed by atoms with Crippen molar-refractivity contribution < 1.29 is 9.53 Å². The molecule has 0 bridgehead atoms. The smallest absolute Gasteiger partial charge is 0.237 e. The van der Waals surface area contributed by atoms with Crippen LogP contribution in [-0.2, 0) is 4.79 Å². The summed E-state index contributed by atoms with van der Waals surface area (Å²) in [6.45, 7) is 6.65. The Hall–Kier alpha value is -1.03. The van der Waals surface area contributed by atoms with Crippen molar-refractivity contribution in [3.8, 4) is 5.75 Å². The molecule has 4 heteroatoms. The highest BCUT2D eigenvalue weighted by Crippen LogP contribution is 2.18. The van der Waals surface area contributed by atoms with Gasteiger partial charge in [-0.3, -0.25) is 4.79 Å². The van der Waals surface area contributed by atoms with Gasteiger partial charge in [0, 0.05) is 11.8 Å². The molecule has 17 heavy (non-hydrogen) atoms. The van der Waals surface area contributed by atoms with Gasteiger partial charge in [0.05, 0.1) is 11.4 Å². The first-order chi connectivity index (χ1) is 7.99. The largest absolute Gasteiger partial charge is 0.493 e. The summed E-state index contributed by atoms with van der Waals surface area (Å²) < 4.78 is 5.59. The average molecular weight is 300 g/mol. The number of halogens is 1. The molecule has 1 aromatic carbocycles.